The number of carbonyl (C=O) groups excluding carboxylic acids is 2. The zero-order valence-electron chi connectivity index (χ0n) is 16.7. The number of rotatable bonds is 11. The van der Waals surface area contributed by atoms with Gasteiger partial charge in [0.25, 0.3) is 0 Å². The molecule has 1 aliphatic rings. The van der Waals surface area contributed by atoms with Crippen LogP contribution in [0.4, 0.5) is 0 Å². The van der Waals surface area contributed by atoms with Crippen molar-refractivity contribution in [3.63, 3.8) is 0 Å². The zero-order chi connectivity index (χ0) is 18.7. The van der Waals surface area contributed by atoms with Crippen molar-refractivity contribution in [2.24, 2.45) is 23.7 Å². The third kappa shape index (κ3) is 9.86. The molecule has 0 bridgehead atoms. The summed E-state index contributed by atoms with van der Waals surface area (Å²) in [7, 11) is 0. The third-order valence-corrected chi connectivity index (χ3v) is 4.87. The van der Waals surface area contributed by atoms with E-state index in [0.29, 0.717) is 19.1 Å². The van der Waals surface area contributed by atoms with Crippen molar-refractivity contribution in [2.75, 3.05) is 13.2 Å². The number of hydrogen-bond acceptors (Lipinski definition) is 4. The Morgan fingerprint density at radius 1 is 0.760 bits per heavy atom. The summed E-state index contributed by atoms with van der Waals surface area (Å²) in [5.41, 5.74) is 0. The Balaban J connectivity index is 2.09. The molecule has 4 heteroatoms. The van der Waals surface area contributed by atoms with Gasteiger partial charge in [0.05, 0.1) is 25.0 Å². The van der Waals surface area contributed by atoms with Gasteiger partial charge in [-0.25, -0.2) is 0 Å². The molecule has 0 aliphatic heterocycles. The standard InChI is InChI=1S/C21H38O4/c1-16(2)9-7-5-6-8-14-24-20(22)18-10-12-19(13-11-18)21(23)25-15-17(3)4/h16-19H,5-15H2,1-4H3. The highest BCUT2D eigenvalue weighted by atomic mass is 16.5. The summed E-state index contributed by atoms with van der Waals surface area (Å²) < 4.78 is 10.7. The van der Waals surface area contributed by atoms with Gasteiger partial charge in [0.2, 0.25) is 0 Å². The highest BCUT2D eigenvalue weighted by molar-refractivity contribution is 5.75. The maximum atomic E-state index is 12.1. The van der Waals surface area contributed by atoms with E-state index >= 15 is 0 Å². The molecule has 0 radical (unpaired) electrons. The lowest BCUT2D eigenvalue weighted by molar-refractivity contribution is -0.155. The molecule has 0 aromatic rings. The zero-order valence-corrected chi connectivity index (χ0v) is 16.7. The van der Waals surface area contributed by atoms with Crippen molar-refractivity contribution in [2.45, 2.75) is 85.5 Å². The Morgan fingerprint density at radius 2 is 1.28 bits per heavy atom. The smallest absolute Gasteiger partial charge is 0.308 e. The van der Waals surface area contributed by atoms with Gasteiger partial charge in [0, 0.05) is 0 Å². The third-order valence-electron chi connectivity index (χ3n) is 4.87. The minimum atomic E-state index is -0.0954. The van der Waals surface area contributed by atoms with Crippen LogP contribution in [0, 0.1) is 23.7 Å². The van der Waals surface area contributed by atoms with Gasteiger partial charge < -0.3 is 9.47 Å². The van der Waals surface area contributed by atoms with Crippen LogP contribution in [0.15, 0.2) is 0 Å². The number of hydrogen-bond donors (Lipinski definition) is 0. The molecule has 4 nitrogen and oxygen atoms in total. The summed E-state index contributed by atoms with van der Waals surface area (Å²) in [6, 6.07) is 0. The second-order valence-electron chi connectivity index (χ2n) is 8.34. The van der Waals surface area contributed by atoms with Crippen molar-refractivity contribution in [3.8, 4) is 0 Å². The molecule has 0 unspecified atom stereocenters. The fourth-order valence-corrected chi connectivity index (χ4v) is 3.23. The van der Waals surface area contributed by atoms with Gasteiger partial charge >= 0.3 is 11.9 Å². The summed E-state index contributed by atoms with van der Waals surface area (Å²) >= 11 is 0. The van der Waals surface area contributed by atoms with Crippen LogP contribution in [0.2, 0.25) is 0 Å². The lowest BCUT2D eigenvalue weighted by Gasteiger charge is -2.26. The molecule has 0 N–H and O–H groups in total. The van der Waals surface area contributed by atoms with Crippen LogP contribution in [-0.4, -0.2) is 25.2 Å². The normalized spacial score (nSPS) is 20.7. The van der Waals surface area contributed by atoms with Gasteiger partial charge in [-0.15, -0.1) is 0 Å². The van der Waals surface area contributed by atoms with Gasteiger partial charge in [-0.05, 0) is 43.9 Å². The molecule has 1 fully saturated rings. The van der Waals surface area contributed by atoms with E-state index in [2.05, 4.69) is 13.8 Å². The van der Waals surface area contributed by atoms with E-state index < -0.39 is 0 Å². The second-order valence-corrected chi connectivity index (χ2v) is 8.34. The lowest BCUT2D eigenvalue weighted by atomic mass is 9.82. The van der Waals surface area contributed by atoms with Crippen LogP contribution in [-0.2, 0) is 19.1 Å². The fourth-order valence-electron chi connectivity index (χ4n) is 3.23. The lowest BCUT2D eigenvalue weighted by Crippen LogP contribution is -2.29. The van der Waals surface area contributed by atoms with E-state index in [1.807, 2.05) is 13.8 Å². The molecule has 0 spiro atoms. The molecule has 0 atom stereocenters. The topological polar surface area (TPSA) is 52.6 Å². The molecule has 0 amide bonds. The van der Waals surface area contributed by atoms with Gasteiger partial charge in [0.15, 0.2) is 0 Å². The monoisotopic (exact) mass is 354 g/mol. The first-order valence-electron chi connectivity index (χ1n) is 10.2. The fraction of sp³-hybridized carbons (Fsp3) is 0.905. The first kappa shape index (κ1) is 22.0. The maximum absolute atomic E-state index is 12.1. The Morgan fingerprint density at radius 3 is 1.80 bits per heavy atom. The van der Waals surface area contributed by atoms with Crippen LogP contribution in [0.25, 0.3) is 0 Å². The second kappa shape index (κ2) is 12.3. The Labute approximate surface area is 154 Å². The Bertz CT molecular complexity index is 381. The van der Waals surface area contributed by atoms with Gasteiger partial charge in [-0.2, -0.15) is 0 Å². The Kier molecular flexibility index (Phi) is 10.8. The van der Waals surface area contributed by atoms with Gasteiger partial charge in [-0.1, -0.05) is 53.4 Å². The molecule has 0 aromatic carbocycles. The van der Waals surface area contributed by atoms with Crippen molar-refractivity contribution >= 4 is 11.9 Å². The highest BCUT2D eigenvalue weighted by Gasteiger charge is 2.31. The molecule has 25 heavy (non-hydrogen) atoms. The quantitative estimate of drug-likeness (QED) is 0.381. The molecular weight excluding hydrogens is 316 g/mol. The summed E-state index contributed by atoms with van der Waals surface area (Å²) in [4.78, 5) is 24.1. The summed E-state index contributed by atoms with van der Waals surface area (Å²) in [6.45, 7) is 9.59. The predicted molar refractivity (Wildman–Crippen MR) is 100 cm³/mol. The van der Waals surface area contributed by atoms with Crippen LogP contribution < -0.4 is 0 Å². The summed E-state index contributed by atoms with van der Waals surface area (Å²) in [5, 5.41) is 0. The van der Waals surface area contributed by atoms with E-state index in [-0.39, 0.29) is 23.8 Å². The molecule has 0 aromatic heterocycles. The van der Waals surface area contributed by atoms with Crippen molar-refractivity contribution in [3.05, 3.63) is 0 Å². The first-order chi connectivity index (χ1) is 11.9. The van der Waals surface area contributed by atoms with E-state index in [0.717, 1.165) is 44.4 Å². The van der Waals surface area contributed by atoms with E-state index in [1.54, 1.807) is 0 Å². The average molecular weight is 355 g/mol. The number of carbonyl (C=O) groups is 2. The molecule has 1 aliphatic carbocycles. The minimum absolute atomic E-state index is 0.0323. The summed E-state index contributed by atoms with van der Waals surface area (Å²) in [6.07, 6.45) is 8.83. The van der Waals surface area contributed by atoms with Crippen molar-refractivity contribution in [1.29, 1.82) is 0 Å². The molecule has 0 saturated heterocycles. The average Bonchev–Trinajstić information content (AvgIpc) is 2.58. The number of ether oxygens (including phenoxy) is 2. The van der Waals surface area contributed by atoms with Gasteiger partial charge in [0.1, 0.15) is 0 Å². The number of unbranched alkanes of at least 4 members (excludes halogenated alkanes) is 3. The maximum Gasteiger partial charge on any atom is 0.308 e. The highest BCUT2D eigenvalue weighted by Crippen LogP contribution is 2.30. The number of esters is 2. The largest absolute Gasteiger partial charge is 0.465 e. The van der Waals surface area contributed by atoms with Crippen molar-refractivity contribution < 1.29 is 19.1 Å². The molecule has 1 rings (SSSR count). The van der Waals surface area contributed by atoms with Crippen LogP contribution in [0.1, 0.15) is 85.5 Å². The van der Waals surface area contributed by atoms with E-state index in [9.17, 15) is 9.59 Å². The SMILES string of the molecule is CC(C)CCCCCCOC(=O)C1CCC(C(=O)OCC(C)C)CC1. The van der Waals surface area contributed by atoms with E-state index in [1.165, 1.54) is 19.3 Å². The molecule has 1 saturated carbocycles. The molecular formula is C21H38O4. The van der Waals surface area contributed by atoms with Crippen molar-refractivity contribution in [1.82, 2.24) is 0 Å². The minimum Gasteiger partial charge on any atom is -0.465 e. The molecule has 0 heterocycles. The van der Waals surface area contributed by atoms with E-state index in [4.69, 9.17) is 9.47 Å². The van der Waals surface area contributed by atoms with Crippen LogP contribution in [0.3, 0.4) is 0 Å². The van der Waals surface area contributed by atoms with Crippen LogP contribution in [0.5, 0.6) is 0 Å². The predicted octanol–water partition coefficient (Wildman–Crippen LogP) is 5.14. The Hall–Kier alpha value is -1.06. The summed E-state index contributed by atoms with van der Waals surface area (Å²) in [5.74, 6) is 0.896. The van der Waals surface area contributed by atoms with Crippen LogP contribution >= 0.6 is 0 Å². The first-order valence-corrected chi connectivity index (χ1v) is 10.2. The molecule has 146 valence electrons. The van der Waals surface area contributed by atoms with Gasteiger partial charge in [-0.3, -0.25) is 9.59 Å².